The second kappa shape index (κ2) is 8.60. The van der Waals surface area contributed by atoms with Crippen LogP contribution in [0.4, 0.5) is 10.8 Å². The summed E-state index contributed by atoms with van der Waals surface area (Å²) in [5.74, 6) is 0.338. The number of nitrogens with two attached hydrogens (primary N) is 1. The molecule has 0 saturated carbocycles. The van der Waals surface area contributed by atoms with Gasteiger partial charge in [-0.1, -0.05) is 41.3 Å². The van der Waals surface area contributed by atoms with Gasteiger partial charge in [0.2, 0.25) is 11.0 Å². The van der Waals surface area contributed by atoms with Gasteiger partial charge in [0, 0.05) is 25.8 Å². The second-order valence-corrected chi connectivity index (χ2v) is 6.89. The highest BCUT2D eigenvalue weighted by molar-refractivity contribution is 8.01. The number of hydrogen-bond acceptors (Lipinski definition) is 7. The van der Waals surface area contributed by atoms with E-state index in [4.69, 9.17) is 5.73 Å². The molecule has 118 valence electrons. The lowest BCUT2D eigenvalue weighted by molar-refractivity contribution is -0.118. The molecule has 0 radical (unpaired) electrons. The van der Waals surface area contributed by atoms with Crippen molar-refractivity contribution in [1.29, 1.82) is 0 Å². The number of nitrogens with zero attached hydrogens (tertiary/aromatic N) is 3. The third-order valence-electron chi connectivity index (χ3n) is 2.94. The number of rotatable bonds is 8. The average Bonchev–Trinajstić information content (AvgIpc) is 2.96. The fraction of sp³-hybridized carbons (Fsp3) is 0.357. The molecule has 0 atom stereocenters. The van der Waals surface area contributed by atoms with Crippen molar-refractivity contribution in [2.75, 3.05) is 36.5 Å². The Kier molecular flexibility index (Phi) is 6.47. The van der Waals surface area contributed by atoms with Crippen LogP contribution in [-0.2, 0) is 4.79 Å². The molecule has 0 unspecified atom stereocenters. The molecular weight excluding hydrogens is 318 g/mol. The van der Waals surface area contributed by atoms with Crippen LogP contribution in [0.25, 0.3) is 0 Å². The molecule has 6 nitrogen and oxygen atoms in total. The first kappa shape index (κ1) is 16.6. The molecule has 0 bridgehead atoms. The van der Waals surface area contributed by atoms with E-state index in [0.717, 1.165) is 17.3 Å². The van der Waals surface area contributed by atoms with Gasteiger partial charge in [0.05, 0.1) is 5.75 Å². The lowest BCUT2D eigenvalue weighted by Crippen LogP contribution is -2.29. The Balaban J connectivity index is 1.59. The summed E-state index contributed by atoms with van der Waals surface area (Å²) in [5, 5.41) is 10.9. The molecule has 0 aliphatic heterocycles. The van der Waals surface area contributed by atoms with Gasteiger partial charge in [-0.2, -0.15) is 0 Å². The minimum Gasteiger partial charge on any atom is -0.375 e. The van der Waals surface area contributed by atoms with E-state index < -0.39 is 0 Å². The van der Waals surface area contributed by atoms with E-state index in [2.05, 4.69) is 32.5 Å². The van der Waals surface area contributed by atoms with Crippen molar-refractivity contribution in [1.82, 2.24) is 15.5 Å². The van der Waals surface area contributed by atoms with Crippen molar-refractivity contribution in [2.24, 2.45) is 0 Å². The van der Waals surface area contributed by atoms with E-state index in [1.165, 1.54) is 28.8 Å². The Morgan fingerprint density at radius 3 is 2.82 bits per heavy atom. The minimum absolute atomic E-state index is 0.00105. The number of carbonyl (C=O) groups excluding carboxylic acids is 1. The van der Waals surface area contributed by atoms with Crippen molar-refractivity contribution < 1.29 is 4.79 Å². The molecule has 2 rings (SSSR count). The van der Waals surface area contributed by atoms with E-state index >= 15 is 0 Å². The van der Waals surface area contributed by atoms with Crippen molar-refractivity contribution in [3.8, 4) is 0 Å². The number of anilines is 2. The van der Waals surface area contributed by atoms with Crippen LogP contribution in [0, 0.1) is 0 Å². The predicted octanol–water partition coefficient (Wildman–Crippen LogP) is 1.86. The van der Waals surface area contributed by atoms with Crippen LogP contribution in [-0.4, -0.2) is 42.0 Å². The van der Waals surface area contributed by atoms with E-state index in [0.29, 0.717) is 17.4 Å². The number of amides is 1. The van der Waals surface area contributed by atoms with Gasteiger partial charge in [0.25, 0.3) is 0 Å². The Bertz CT molecular complexity index is 590. The molecule has 1 amide bonds. The number of nitrogen functional groups attached to an aromatic ring is 1. The number of hydrogen-bond donors (Lipinski definition) is 2. The summed E-state index contributed by atoms with van der Waals surface area (Å²) in [4.78, 5) is 13.9. The van der Waals surface area contributed by atoms with Gasteiger partial charge in [-0.15, -0.1) is 10.2 Å². The first-order chi connectivity index (χ1) is 10.6. The molecular formula is C14H19N5OS2. The number of para-hydroxylation sites is 1. The van der Waals surface area contributed by atoms with Crippen LogP contribution in [0.1, 0.15) is 6.42 Å². The third kappa shape index (κ3) is 5.53. The summed E-state index contributed by atoms with van der Waals surface area (Å²) in [5.41, 5.74) is 6.66. The first-order valence-electron chi connectivity index (χ1n) is 6.90. The third-order valence-corrected chi connectivity index (χ3v) is 4.82. The summed E-state index contributed by atoms with van der Waals surface area (Å²) in [6.45, 7) is 1.55. The molecule has 22 heavy (non-hydrogen) atoms. The monoisotopic (exact) mass is 337 g/mol. The highest BCUT2D eigenvalue weighted by Gasteiger charge is 2.06. The molecule has 0 fully saturated rings. The highest BCUT2D eigenvalue weighted by Crippen LogP contribution is 2.22. The summed E-state index contributed by atoms with van der Waals surface area (Å²) in [6, 6.07) is 10.2. The van der Waals surface area contributed by atoms with Crippen molar-refractivity contribution >= 4 is 39.8 Å². The summed E-state index contributed by atoms with van der Waals surface area (Å²) < 4.78 is 0.719. The van der Waals surface area contributed by atoms with Crippen molar-refractivity contribution in [3.63, 3.8) is 0 Å². The molecule has 1 aromatic heterocycles. The molecule has 1 aromatic carbocycles. The number of nitrogens with one attached hydrogen (secondary N) is 1. The predicted molar refractivity (Wildman–Crippen MR) is 92.4 cm³/mol. The largest absolute Gasteiger partial charge is 0.375 e. The number of benzene rings is 1. The quantitative estimate of drug-likeness (QED) is 0.565. The van der Waals surface area contributed by atoms with Gasteiger partial charge in [-0.25, -0.2) is 0 Å². The zero-order chi connectivity index (χ0) is 15.8. The first-order valence-corrected chi connectivity index (χ1v) is 8.70. The van der Waals surface area contributed by atoms with Gasteiger partial charge >= 0.3 is 0 Å². The average molecular weight is 337 g/mol. The molecule has 1 heterocycles. The number of aromatic nitrogens is 2. The highest BCUT2D eigenvalue weighted by atomic mass is 32.2. The fourth-order valence-electron chi connectivity index (χ4n) is 1.81. The van der Waals surface area contributed by atoms with E-state index in [1.807, 2.05) is 25.2 Å². The second-order valence-electron chi connectivity index (χ2n) is 4.66. The minimum atomic E-state index is 0.00105. The molecule has 0 aliphatic rings. The van der Waals surface area contributed by atoms with Crippen LogP contribution in [0.2, 0.25) is 0 Å². The van der Waals surface area contributed by atoms with Gasteiger partial charge in [0.15, 0.2) is 4.34 Å². The zero-order valence-electron chi connectivity index (χ0n) is 12.4. The van der Waals surface area contributed by atoms with Gasteiger partial charge in [-0.05, 0) is 18.6 Å². The smallest absolute Gasteiger partial charge is 0.230 e. The Morgan fingerprint density at radius 2 is 2.14 bits per heavy atom. The fourth-order valence-corrected chi connectivity index (χ4v) is 3.28. The molecule has 0 spiro atoms. The maximum atomic E-state index is 11.7. The maximum absolute atomic E-state index is 11.7. The van der Waals surface area contributed by atoms with Crippen LogP contribution in [0.15, 0.2) is 34.7 Å². The Hall–Kier alpha value is -1.80. The van der Waals surface area contributed by atoms with Gasteiger partial charge in [-0.3, -0.25) is 4.79 Å². The van der Waals surface area contributed by atoms with E-state index in [1.54, 1.807) is 0 Å². The van der Waals surface area contributed by atoms with Gasteiger partial charge < -0.3 is 16.0 Å². The summed E-state index contributed by atoms with van der Waals surface area (Å²) >= 11 is 2.64. The SMILES string of the molecule is CN(CCCNC(=O)CSc1nnc(N)s1)c1ccccc1. The van der Waals surface area contributed by atoms with Crippen LogP contribution < -0.4 is 16.0 Å². The van der Waals surface area contributed by atoms with Crippen molar-refractivity contribution in [3.05, 3.63) is 30.3 Å². The molecule has 3 N–H and O–H groups in total. The molecule has 2 aromatic rings. The van der Waals surface area contributed by atoms with Crippen LogP contribution in [0.5, 0.6) is 0 Å². The standard InChI is InChI=1S/C14H19N5OS2/c1-19(11-6-3-2-4-7-11)9-5-8-16-12(20)10-21-14-18-17-13(15)22-14/h2-4,6-7H,5,8-10H2,1H3,(H2,15,17)(H,16,20). The van der Waals surface area contributed by atoms with E-state index in [-0.39, 0.29) is 5.91 Å². The molecule has 0 saturated heterocycles. The van der Waals surface area contributed by atoms with E-state index in [9.17, 15) is 4.79 Å². The lowest BCUT2D eigenvalue weighted by Gasteiger charge is -2.19. The van der Waals surface area contributed by atoms with Crippen molar-refractivity contribution in [2.45, 2.75) is 10.8 Å². The summed E-state index contributed by atoms with van der Waals surface area (Å²) in [7, 11) is 2.05. The van der Waals surface area contributed by atoms with Crippen LogP contribution in [0.3, 0.4) is 0 Å². The van der Waals surface area contributed by atoms with Gasteiger partial charge in [0.1, 0.15) is 0 Å². The Labute approximate surface area is 138 Å². The zero-order valence-corrected chi connectivity index (χ0v) is 14.0. The number of thioether (sulfide) groups is 1. The number of carbonyl (C=O) groups is 1. The summed E-state index contributed by atoms with van der Waals surface area (Å²) in [6.07, 6.45) is 0.896. The van der Waals surface area contributed by atoms with Crippen LogP contribution >= 0.6 is 23.1 Å². The Morgan fingerprint density at radius 1 is 1.36 bits per heavy atom. The molecule has 8 heteroatoms. The normalized spacial score (nSPS) is 10.4. The lowest BCUT2D eigenvalue weighted by atomic mass is 10.3. The topological polar surface area (TPSA) is 84.1 Å². The molecule has 0 aliphatic carbocycles. The maximum Gasteiger partial charge on any atom is 0.230 e.